The molecule has 3 aromatic carbocycles. The average molecular weight is 588 g/mol. The molecule has 1 fully saturated rings. The van der Waals surface area contributed by atoms with Crippen molar-refractivity contribution in [3.8, 4) is 16.9 Å². The monoisotopic (exact) mass is 586 g/mol. The molecule has 6 rings (SSSR count). The summed E-state index contributed by atoms with van der Waals surface area (Å²) in [5.41, 5.74) is 5.38. The van der Waals surface area contributed by atoms with Gasteiger partial charge in [-0.05, 0) is 54.8 Å². The Labute approximate surface area is 234 Å². The van der Waals surface area contributed by atoms with Gasteiger partial charge in [0.2, 0.25) is 0 Å². The van der Waals surface area contributed by atoms with Crippen molar-refractivity contribution in [1.29, 1.82) is 0 Å². The average Bonchev–Trinajstić information content (AvgIpc) is 3.35. The van der Waals surface area contributed by atoms with Gasteiger partial charge in [-0.2, -0.15) is 5.10 Å². The van der Waals surface area contributed by atoms with Gasteiger partial charge in [0.25, 0.3) is 5.90 Å². The molecule has 11 heteroatoms. The van der Waals surface area contributed by atoms with E-state index in [1.54, 1.807) is 48.5 Å². The van der Waals surface area contributed by atoms with Crippen molar-refractivity contribution in [2.24, 2.45) is 5.10 Å². The highest BCUT2D eigenvalue weighted by molar-refractivity contribution is 7.91. The zero-order chi connectivity index (χ0) is 26.7. The predicted molar refractivity (Wildman–Crippen MR) is 149 cm³/mol. The molecule has 2 aliphatic rings. The van der Waals surface area contributed by atoms with Crippen LogP contribution in [0.5, 0.6) is 0 Å². The molecule has 1 atom stereocenters. The molecule has 1 unspecified atom stereocenters. The van der Waals surface area contributed by atoms with Crippen LogP contribution in [0, 0.1) is 0 Å². The van der Waals surface area contributed by atoms with Crippen molar-refractivity contribution in [3.05, 3.63) is 99.1 Å². The molecule has 1 N–H and O–H groups in total. The standard InChI is InChI=1S/C27H21Cl3N4O3S/c1-38(35,36)24-22(25-31-32-26(37-25)27(14-15-27)17-8-12-19(29)13-9-17)33-34(21-5-3-2-4-20(21)30)23(24)16-6-10-18(28)11-7-16/h2-13,26,32H,14-15H2,1H3. The van der Waals surface area contributed by atoms with Crippen LogP contribution in [0.2, 0.25) is 15.1 Å². The van der Waals surface area contributed by atoms with Gasteiger partial charge < -0.3 is 4.74 Å². The number of sulfone groups is 1. The molecule has 1 aromatic heterocycles. The first-order chi connectivity index (χ1) is 18.2. The predicted octanol–water partition coefficient (Wildman–Crippen LogP) is 6.24. The zero-order valence-corrected chi connectivity index (χ0v) is 23.1. The second-order valence-corrected chi connectivity index (χ2v) is 12.6. The lowest BCUT2D eigenvalue weighted by Crippen LogP contribution is -2.36. The fraction of sp³-hybridized carbons (Fsp3) is 0.185. The number of nitrogens with one attached hydrogen (secondary N) is 1. The SMILES string of the molecule is CS(=O)(=O)c1c(C2=NNC(C3(c4ccc(Cl)cc4)CC3)O2)nn(-c2ccccc2Cl)c1-c1ccc(Cl)cc1. The number of para-hydroxylation sites is 1. The Morgan fingerprint density at radius 2 is 1.58 bits per heavy atom. The highest BCUT2D eigenvalue weighted by atomic mass is 35.5. The molecule has 0 saturated heterocycles. The Morgan fingerprint density at radius 3 is 2.18 bits per heavy atom. The van der Waals surface area contributed by atoms with E-state index in [9.17, 15) is 8.42 Å². The number of ether oxygens (including phenoxy) is 1. The quantitative estimate of drug-likeness (QED) is 0.289. The first-order valence-electron chi connectivity index (χ1n) is 11.8. The number of halogens is 3. The maximum atomic E-state index is 13.3. The highest BCUT2D eigenvalue weighted by Gasteiger charge is 2.55. The van der Waals surface area contributed by atoms with E-state index >= 15 is 0 Å². The van der Waals surface area contributed by atoms with Crippen molar-refractivity contribution in [1.82, 2.24) is 15.2 Å². The van der Waals surface area contributed by atoms with Crippen LogP contribution in [0.25, 0.3) is 16.9 Å². The number of hydrazone groups is 1. The summed E-state index contributed by atoms with van der Waals surface area (Å²) < 4.78 is 34.4. The number of nitrogens with zero attached hydrogens (tertiary/aromatic N) is 3. The summed E-state index contributed by atoms with van der Waals surface area (Å²) in [5.74, 6) is 0.0941. The van der Waals surface area contributed by atoms with E-state index in [2.05, 4.69) is 10.5 Å². The van der Waals surface area contributed by atoms with Crippen molar-refractivity contribution >= 4 is 50.5 Å². The Kier molecular flexibility index (Phi) is 6.18. The van der Waals surface area contributed by atoms with Crippen LogP contribution in [0.3, 0.4) is 0 Å². The summed E-state index contributed by atoms with van der Waals surface area (Å²) in [6, 6.07) is 21.6. The van der Waals surface area contributed by atoms with E-state index in [-0.39, 0.29) is 21.9 Å². The molecule has 7 nitrogen and oxygen atoms in total. The van der Waals surface area contributed by atoms with Crippen molar-refractivity contribution < 1.29 is 13.2 Å². The van der Waals surface area contributed by atoms with Crippen LogP contribution < -0.4 is 5.43 Å². The van der Waals surface area contributed by atoms with E-state index < -0.39 is 16.1 Å². The Morgan fingerprint density at radius 1 is 0.947 bits per heavy atom. The summed E-state index contributed by atoms with van der Waals surface area (Å²) in [7, 11) is -3.82. The van der Waals surface area contributed by atoms with Gasteiger partial charge in [0.15, 0.2) is 21.8 Å². The third-order valence-electron chi connectivity index (χ3n) is 6.84. The maximum absolute atomic E-state index is 13.3. The van der Waals surface area contributed by atoms with Crippen molar-refractivity contribution in [2.75, 3.05) is 6.26 Å². The number of benzene rings is 3. The van der Waals surface area contributed by atoms with E-state index in [0.29, 0.717) is 32.0 Å². The summed E-state index contributed by atoms with van der Waals surface area (Å²) >= 11 is 18.8. The molecule has 2 heterocycles. The molecule has 1 aliphatic heterocycles. The summed E-state index contributed by atoms with van der Waals surface area (Å²) in [4.78, 5) is -0.0164. The minimum atomic E-state index is -3.82. The molecule has 1 saturated carbocycles. The third kappa shape index (κ3) is 4.35. The molecule has 0 spiro atoms. The van der Waals surface area contributed by atoms with E-state index in [0.717, 1.165) is 24.7 Å². The fourth-order valence-corrected chi connectivity index (χ4v) is 6.30. The van der Waals surface area contributed by atoms with Gasteiger partial charge in [-0.3, -0.25) is 5.43 Å². The zero-order valence-electron chi connectivity index (χ0n) is 20.0. The largest absolute Gasteiger partial charge is 0.449 e. The smallest absolute Gasteiger partial charge is 0.262 e. The van der Waals surface area contributed by atoms with Gasteiger partial charge >= 0.3 is 0 Å². The summed E-state index contributed by atoms with van der Waals surface area (Å²) in [6.45, 7) is 0. The summed E-state index contributed by atoms with van der Waals surface area (Å²) in [5, 5.41) is 10.7. The molecule has 0 amide bonds. The molecule has 0 radical (unpaired) electrons. The minimum Gasteiger partial charge on any atom is -0.449 e. The topological polar surface area (TPSA) is 85.6 Å². The van der Waals surface area contributed by atoms with Crippen LogP contribution in [0.15, 0.2) is 82.8 Å². The molecule has 4 aromatic rings. The van der Waals surface area contributed by atoms with Gasteiger partial charge in [-0.15, -0.1) is 5.10 Å². The second-order valence-electron chi connectivity index (χ2n) is 9.38. The normalized spacial score (nSPS) is 18.0. The Hall–Kier alpha value is -3.04. The van der Waals surface area contributed by atoms with Crippen molar-refractivity contribution in [2.45, 2.75) is 29.4 Å². The number of aromatic nitrogens is 2. The fourth-order valence-electron chi connectivity index (χ4n) is 4.80. The molecule has 1 aliphatic carbocycles. The lowest BCUT2D eigenvalue weighted by atomic mass is 9.94. The Bertz CT molecular complexity index is 1680. The lowest BCUT2D eigenvalue weighted by molar-refractivity contribution is 0.142. The lowest BCUT2D eigenvalue weighted by Gasteiger charge is -2.22. The van der Waals surface area contributed by atoms with Crippen LogP contribution >= 0.6 is 34.8 Å². The molecular formula is C27H21Cl3N4O3S. The molecule has 0 bridgehead atoms. The molecular weight excluding hydrogens is 567 g/mol. The minimum absolute atomic E-state index is 0.0164. The van der Waals surface area contributed by atoms with E-state index in [1.807, 2.05) is 24.3 Å². The van der Waals surface area contributed by atoms with Gasteiger partial charge in [-0.1, -0.05) is 71.2 Å². The Balaban J connectivity index is 1.48. The molecule has 38 heavy (non-hydrogen) atoms. The first-order valence-corrected chi connectivity index (χ1v) is 14.8. The van der Waals surface area contributed by atoms with Gasteiger partial charge in [0.05, 0.1) is 21.8 Å². The van der Waals surface area contributed by atoms with Gasteiger partial charge in [0, 0.05) is 21.9 Å². The van der Waals surface area contributed by atoms with Crippen LogP contribution in [0.1, 0.15) is 24.1 Å². The number of hydrogen-bond acceptors (Lipinski definition) is 6. The summed E-state index contributed by atoms with van der Waals surface area (Å²) in [6.07, 6.45) is 2.42. The molecule has 194 valence electrons. The third-order valence-corrected chi connectivity index (χ3v) is 8.79. The van der Waals surface area contributed by atoms with Crippen LogP contribution in [-0.2, 0) is 20.0 Å². The van der Waals surface area contributed by atoms with Crippen LogP contribution in [-0.4, -0.2) is 36.6 Å². The van der Waals surface area contributed by atoms with Crippen LogP contribution in [0.4, 0.5) is 0 Å². The van der Waals surface area contributed by atoms with E-state index in [1.165, 1.54) is 4.68 Å². The second kappa shape index (κ2) is 9.31. The highest BCUT2D eigenvalue weighted by Crippen LogP contribution is 2.52. The first kappa shape index (κ1) is 25.2. The maximum Gasteiger partial charge on any atom is 0.262 e. The number of hydrogen-bond donors (Lipinski definition) is 1. The van der Waals surface area contributed by atoms with E-state index in [4.69, 9.17) is 44.6 Å². The number of rotatable bonds is 6. The van der Waals surface area contributed by atoms with Crippen molar-refractivity contribution in [3.63, 3.8) is 0 Å². The van der Waals surface area contributed by atoms with Gasteiger partial charge in [0.1, 0.15) is 4.90 Å². The van der Waals surface area contributed by atoms with Gasteiger partial charge in [-0.25, -0.2) is 13.1 Å².